The predicted octanol–water partition coefficient (Wildman–Crippen LogP) is 2.98. The van der Waals surface area contributed by atoms with Gasteiger partial charge in [0.25, 0.3) is 0 Å². The minimum absolute atomic E-state index is 0.139. The highest BCUT2D eigenvalue weighted by atomic mass is 16.5. The number of carbonyl (C=O) groups excluding carboxylic acids is 1. The second-order valence-electron chi connectivity index (χ2n) is 7.20. The van der Waals surface area contributed by atoms with Gasteiger partial charge in [-0.15, -0.1) is 0 Å². The molecule has 1 aromatic rings. The molecule has 1 unspecified atom stereocenters. The quantitative estimate of drug-likeness (QED) is 0.681. The van der Waals surface area contributed by atoms with E-state index in [0.717, 1.165) is 12.1 Å². The maximum absolute atomic E-state index is 12.1. The second kappa shape index (κ2) is 4.59. The van der Waals surface area contributed by atoms with Crippen LogP contribution in [0.4, 0.5) is 0 Å². The summed E-state index contributed by atoms with van der Waals surface area (Å²) in [7, 11) is 1.45. The Bertz CT molecular complexity index is 505. The average Bonchev–Trinajstić information content (AvgIpc) is 3.18. The number of hydrogen-bond donors (Lipinski definition) is 1. The molecule has 1 saturated heterocycles. The Morgan fingerprint density at radius 3 is 2.00 bits per heavy atom. The molecule has 1 aliphatic rings. The first-order valence-electron chi connectivity index (χ1n) is 7.09. The monoisotopic (exact) mass is 275 g/mol. The largest absolute Gasteiger partial charge is 0.469 e. The van der Waals surface area contributed by atoms with Crippen molar-refractivity contribution >= 4 is 5.97 Å². The van der Waals surface area contributed by atoms with Crippen molar-refractivity contribution in [1.82, 2.24) is 5.32 Å². The fourth-order valence-electron chi connectivity index (χ4n) is 2.78. The van der Waals surface area contributed by atoms with E-state index in [9.17, 15) is 4.79 Å². The molecule has 1 fully saturated rings. The maximum atomic E-state index is 12.1. The van der Waals surface area contributed by atoms with E-state index >= 15 is 0 Å². The van der Waals surface area contributed by atoms with Gasteiger partial charge in [0.05, 0.1) is 18.1 Å². The third-order valence-corrected chi connectivity index (χ3v) is 4.54. The van der Waals surface area contributed by atoms with E-state index in [4.69, 9.17) is 4.74 Å². The molecular weight excluding hydrogens is 250 g/mol. The molecule has 0 aromatic heterocycles. The van der Waals surface area contributed by atoms with Crippen LogP contribution in [0.25, 0.3) is 0 Å². The van der Waals surface area contributed by atoms with Gasteiger partial charge in [0.2, 0.25) is 0 Å². The third-order valence-electron chi connectivity index (χ3n) is 4.54. The molecule has 2 rings (SSSR count). The third kappa shape index (κ3) is 2.24. The predicted molar refractivity (Wildman–Crippen MR) is 80.6 cm³/mol. The lowest BCUT2D eigenvalue weighted by molar-refractivity contribution is -0.153. The van der Waals surface area contributed by atoms with E-state index in [1.807, 2.05) is 13.8 Å². The molecule has 1 atom stereocenters. The molecule has 3 nitrogen and oxygen atoms in total. The van der Waals surface area contributed by atoms with Crippen LogP contribution in [0, 0.1) is 5.41 Å². The number of esters is 1. The van der Waals surface area contributed by atoms with Crippen molar-refractivity contribution in [2.75, 3.05) is 13.7 Å². The number of nitrogens with one attached hydrogen (secondary N) is 1. The van der Waals surface area contributed by atoms with Gasteiger partial charge >= 0.3 is 5.97 Å². The van der Waals surface area contributed by atoms with Crippen LogP contribution in [0.2, 0.25) is 0 Å². The maximum Gasteiger partial charge on any atom is 0.313 e. The zero-order chi connectivity index (χ0) is 15.2. The Balaban J connectivity index is 2.34. The molecule has 0 aliphatic carbocycles. The fourth-order valence-corrected chi connectivity index (χ4v) is 2.78. The Morgan fingerprint density at radius 1 is 1.15 bits per heavy atom. The molecule has 1 N–H and O–H groups in total. The number of hydrogen-bond acceptors (Lipinski definition) is 3. The molecule has 1 aromatic carbocycles. The standard InChI is InChI=1S/C17H25NO2/c1-15(2,3)12-7-9-13(10-8-12)17(11-18-17)16(4,5)14(19)20-6/h7-10,18H,11H2,1-6H3. The first-order chi connectivity index (χ1) is 9.15. The molecule has 3 heteroatoms. The van der Waals surface area contributed by atoms with Gasteiger partial charge in [0.1, 0.15) is 0 Å². The molecule has 0 amide bonds. The van der Waals surface area contributed by atoms with Crippen LogP contribution in [0.15, 0.2) is 24.3 Å². The van der Waals surface area contributed by atoms with E-state index in [1.54, 1.807) is 0 Å². The van der Waals surface area contributed by atoms with Crippen LogP contribution >= 0.6 is 0 Å². The summed E-state index contributed by atoms with van der Waals surface area (Å²) in [5.74, 6) is -0.178. The lowest BCUT2D eigenvalue weighted by atomic mass is 9.73. The van der Waals surface area contributed by atoms with Crippen molar-refractivity contribution in [3.05, 3.63) is 35.4 Å². The van der Waals surface area contributed by atoms with Crippen molar-refractivity contribution in [3.63, 3.8) is 0 Å². The van der Waals surface area contributed by atoms with Gasteiger partial charge in [0, 0.05) is 6.54 Å². The van der Waals surface area contributed by atoms with E-state index in [0.29, 0.717) is 0 Å². The minimum Gasteiger partial charge on any atom is -0.469 e. The Hall–Kier alpha value is -1.35. The fraction of sp³-hybridized carbons (Fsp3) is 0.588. The van der Waals surface area contributed by atoms with Crippen LogP contribution in [0.5, 0.6) is 0 Å². The highest BCUT2D eigenvalue weighted by molar-refractivity contribution is 5.79. The molecule has 20 heavy (non-hydrogen) atoms. The van der Waals surface area contributed by atoms with E-state index < -0.39 is 5.41 Å². The van der Waals surface area contributed by atoms with Crippen LogP contribution in [-0.4, -0.2) is 19.6 Å². The van der Waals surface area contributed by atoms with Crippen molar-refractivity contribution < 1.29 is 9.53 Å². The van der Waals surface area contributed by atoms with Crippen LogP contribution in [0.3, 0.4) is 0 Å². The normalized spacial score (nSPS) is 22.5. The van der Waals surface area contributed by atoms with E-state index in [1.165, 1.54) is 12.7 Å². The summed E-state index contributed by atoms with van der Waals surface area (Å²) < 4.78 is 4.96. The molecule has 1 heterocycles. The number of ether oxygens (including phenoxy) is 1. The van der Waals surface area contributed by atoms with E-state index in [2.05, 4.69) is 50.4 Å². The van der Waals surface area contributed by atoms with Crippen LogP contribution in [0.1, 0.15) is 45.7 Å². The van der Waals surface area contributed by atoms with Crippen molar-refractivity contribution in [1.29, 1.82) is 0 Å². The van der Waals surface area contributed by atoms with Crippen LogP contribution < -0.4 is 5.32 Å². The van der Waals surface area contributed by atoms with Crippen molar-refractivity contribution in [2.24, 2.45) is 5.41 Å². The van der Waals surface area contributed by atoms with Gasteiger partial charge in [-0.1, -0.05) is 45.0 Å². The number of carbonyl (C=O) groups is 1. The number of rotatable bonds is 3. The first kappa shape index (κ1) is 15.0. The lowest BCUT2D eigenvalue weighted by Crippen LogP contribution is -2.41. The summed E-state index contributed by atoms with van der Waals surface area (Å²) in [4.78, 5) is 12.1. The summed E-state index contributed by atoms with van der Waals surface area (Å²) in [5, 5.41) is 3.38. The zero-order valence-electron chi connectivity index (χ0n) is 13.3. The van der Waals surface area contributed by atoms with Gasteiger partial charge in [-0.25, -0.2) is 0 Å². The zero-order valence-corrected chi connectivity index (χ0v) is 13.3. The molecular formula is C17H25NO2. The number of benzene rings is 1. The summed E-state index contributed by atoms with van der Waals surface area (Å²) in [5.41, 5.74) is 1.72. The Kier molecular flexibility index (Phi) is 3.45. The lowest BCUT2D eigenvalue weighted by Gasteiger charge is -2.31. The van der Waals surface area contributed by atoms with Crippen molar-refractivity contribution in [3.8, 4) is 0 Å². The number of methoxy groups -OCH3 is 1. The van der Waals surface area contributed by atoms with Gasteiger partial charge in [-0.2, -0.15) is 0 Å². The molecule has 0 saturated carbocycles. The van der Waals surface area contributed by atoms with Crippen molar-refractivity contribution in [2.45, 2.75) is 45.6 Å². The molecule has 0 bridgehead atoms. The molecule has 0 spiro atoms. The summed E-state index contributed by atoms with van der Waals surface area (Å²) >= 11 is 0. The molecule has 1 aliphatic heterocycles. The topological polar surface area (TPSA) is 48.2 Å². The van der Waals surface area contributed by atoms with Gasteiger partial charge in [0.15, 0.2) is 0 Å². The van der Waals surface area contributed by atoms with Gasteiger partial charge < -0.3 is 10.1 Å². The van der Waals surface area contributed by atoms with Gasteiger partial charge in [-0.05, 0) is 30.4 Å². The molecule has 110 valence electrons. The smallest absolute Gasteiger partial charge is 0.313 e. The summed E-state index contributed by atoms with van der Waals surface area (Å²) in [6.07, 6.45) is 0. The highest BCUT2D eigenvalue weighted by Crippen LogP contribution is 2.47. The summed E-state index contributed by atoms with van der Waals surface area (Å²) in [6.45, 7) is 11.3. The Morgan fingerprint density at radius 2 is 1.65 bits per heavy atom. The minimum atomic E-state index is -0.578. The SMILES string of the molecule is COC(=O)C(C)(C)C1(c2ccc(C(C)(C)C)cc2)CN1. The Labute approximate surface area is 121 Å². The summed E-state index contributed by atoms with van der Waals surface area (Å²) in [6, 6.07) is 8.57. The van der Waals surface area contributed by atoms with E-state index in [-0.39, 0.29) is 16.9 Å². The average molecular weight is 275 g/mol. The first-order valence-corrected chi connectivity index (χ1v) is 7.09. The highest BCUT2D eigenvalue weighted by Gasteiger charge is 2.59. The van der Waals surface area contributed by atoms with Gasteiger partial charge in [-0.3, -0.25) is 4.79 Å². The second-order valence-corrected chi connectivity index (χ2v) is 7.20. The van der Waals surface area contributed by atoms with Crippen LogP contribution in [-0.2, 0) is 20.5 Å². The molecule has 0 radical (unpaired) electrons.